The SMILES string of the molecule is Cc1nc(COc2ccc(S(=O)(=O)N3CCCCC3)cc2)cs1. The molecule has 1 aliphatic heterocycles. The van der Waals surface area contributed by atoms with Gasteiger partial charge in [0.2, 0.25) is 10.0 Å². The zero-order chi connectivity index (χ0) is 16.3. The summed E-state index contributed by atoms with van der Waals surface area (Å²) in [6.07, 6.45) is 2.98. The Morgan fingerprint density at radius 1 is 1.17 bits per heavy atom. The molecule has 0 bridgehead atoms. The average Bonchev–Trinajstić information content (AvgIpc) is 3.00. The van der Waals surface area contributed by atoms with Crippen molar-refractivity contribution in [3.8, 4) is 5.75 Å². The van der Waals surface area contributed by atoms with Crippen LogP contribution < -0.4 is 4.74 Å². The van der Waals surface area contributed by atoms with Crippen LogP contribution in [0.5, 0.6) is 5.75 Å². The summed E-state index contributed by atoms with van der Waals surface area (Å²) in [5.74, 6) is 0.647. The molecule has 0 spiro atoms. The van der Waals surface area contributed by atoms with Crippen LogP contribution in [0.3, 0.4) is 0 Å². The van der Waals surface area contributed by atoms with Crippen LogP contribution in [0.2, 0.25) is 0 Å². The smallest absolute Gasteiger partial charge is 0.243 e. The first-order valence-corrected chi connectivity index (χ1v) is 10.0. The summed E-state index contributed by atoms with van der Waals surface area (Å²) in [4.78, 5) is 4.66. The van der Waals surface area contributed by atoms with E-state index in [2.05, 4.69) is 4.98 Å². The minimum atomic E-state index is -3.38. The van der Waals surface area contributed by atoms with Crippen molar-refractivity contribution in [3.05, 3.63) is 40.3 Å². The van der Waals surface area contributed by atoms with Crippen LogP contribution in [0.15, 0.2) is 34.5 Å². The lowest BCUT2D eigenvalue weighted by atomic mass is 10.2. The number of nitrogens with zero attached hydrogens (tertiary/aromatic N) is 2. The molecule has 0 atom stereocenters. The highest BCUT2D eigenvalue weighted by molar-refractivity contribution is 7.89. The molecule has 23 heavy (non-hydrogen) atoms. The van der Waals surface area contributed by atoms with Gasteiger partial charge in [-0.3, -0.25) is 0 Å². The number of ether oxygens (including phenoxy) is 1. The molecule has 1 aromatic carbocycles. The molecule has 1 saturated heterocycles. The van der Waals surface area contributed by atoms with E-state index in [-0.39, 0.29) is 0 Å². The molecule has 2 aromatic rings. The maximum atomic E-state index is 12.6. The first-order chi connectivity index (χ1) is 11.1. The Hall–Kier alpha value is -1.44. The van der Waals surface area contributed by atoms with Crippen LogP contribution in [0.1, 0.15) is 30.0 Å². The van der Waals surface area contributed by atoms with Crippen LogP contribution in [0.4, 0.5) is 0 Å². The van der Waals surface area contributed by atoms with E-state index in [1.807, 2.05) is 12.3 Å². The normalized spacial score (nSPS) is 16.4. The lowest BCUT2D eigenvalue weighted by Gasteiger charge is -2.25. The van der Waals surface area contributed by atoms with Gasteiger partial charge in [-0.1, -0.05) is 6.42 Å². The second-order valence-electron chi connectivity index (χ2n) is 5.58. The molecule has 1 fully saturated rings. The van der Waals surface area contributed by atoms with Crippen LogP contribution in [-0.4, -0.2) is 30.8 Å². The van der Waals surface area contributed by atoms with E-state index in [4.69, 9.17) is 4.74 Å². The summed E-state index contributed by atoms with van der Waals surface area (Å²) in [5, 5.41) is 2.97. The van der Waals surface area contributed by atoms with Gasteiger partial charge in [0.05, 0.1) is 15.6 Å². The van der Waals surface area contributed by atoms with Crippen LogP contribution in [-0.2, 0) is 16.6 Å². The fourth-order valence-corrected chi connectivity index (χ4v) is 4.71. The minimum absolute atomic E-state index is 0.330. The molecule has 2 heterocycles. The van der Waals surface area contributed by atoms with Crippen molar-refractivity contribution >= 4 is 21.4 Å². The topological polar surface area (TPSA) is 59.5 Å². The summed E-state index contributed by atoms with van der Waals surface area (Å²) in [5.41, 5.74) is 0.887. The van der Waals surface area contributed by atoms with Crippen molar-refractivity contribution in [2.45, 2.75) is 37.7 Å². The molecule has 0 radical (unpaired) electrons. The van der Waals surface area contributed by atoms with Crippen molar-refractivity contribution < 1.29 is 13.2 Å². The number of piperidine rings is 1. The number of thiazole rings is 1. The Bertz CT molecular complexity index is 748. The Balaban J connectivity index is 1.66. The van der Waals surface area contributed by atoms with E-state index in [0.29, 0.717) is 30.3 Å². The number of aromatic nitrogens is 1. The molecule has 0 unspecified atom stereocenters. The van der Waals surface area contributed by atoms with E-state index in [1.165, 1.54) is 0 Å². The van der Waals surface area contributed by atoms with Crippen molar-refractivity contribution in [3.63, 3.8) is 0 Å². The van der Waals surface area contributed by atoms with E-state index >= 15 is 0 Å². The number of rotatable bonds is 5. The summed E-state index contributed by atoms with van der Waals surface area (Å²) < 4.78 is 32.3. The Kier molecular flexibility index (Phi) is 4.99. The Morgan fingerprint density at radius 2 is 1.87 bits per heavy atom. The molecule has 1 aliphatic rings. The zero-order valence-corrected chi connectivity index (χ0v) is 14.7. The number of hydrogen-bond acceptors (Lipinski definition) is 5. The molecule has 0 aliphatic carbocycles. The van der Waals surface area contributed by atoms with Gasteiger partial charge in [0.1, 0.15) is 12.4 Å². The maximum absolute atomic E-state index is 12.6. The van der Waals surface area contributed by atoms with Crippen LogP contribution >= 0.6 is 11.3 Å². The molecule has 3 rings (SSSR count). The van der Waals surface area contributed by atoms with E-state index < -0.39 is 10.0 Å². The number of benzene rings is 1. The summed E-state index contributed by atoms with van der Waals surface area (Å²) >= 11 is 1.59. The minimum Gasteiger partial charge on any atom is -0.487 e. The largest absolute Gasteiger partial charge is 0.487 e. The standard InChI is InChI=1S/C16H20N2O3S2/c1-13-17-14(12-22-13)11-21-15-5-7-16(8-6-15)23(19,20)18-9-3-2-4-10-18/h5-8,12H,2-4,9-11H2,1H3. The van der Waals surface area contributed by atoms with Gasteiger partial charge in [-0.25, -0.2) is 13.4 Å². The molecular weight excluding hydrogens is 332 g/mol. The zero-order valence-electron chi connectivity index (χ0n) is 13.1. The van der Waals surface area contributed by atoms with Gasteiger partial charge >= 0.3 is 0 Å². The van der Waals surface area contributed by atoms with Crippen molar-refractivity contribution in [1.29, 1.82) is 0 Å². The van der Waals surface area contributed by atoms with Crippen LogP contribution in [0.25, 0.3) is 0 Å². The monoisotopic (exact) mass is 352 g/mol. The van der Waals surface area contributed by atoms with E-state index in [9.17, 15) is 8.42 Å². The molecule has 124 valence electrons. The highest BCUT2D eigenvalue weighted by Gasteiger charge is 2.25. The molecule has 1 aromatic heterocycles. The third-order valence-corrected chi connectivity index (χ3v) is 6.57. The quantitative estimate of drug-likeness (QED) is 0.829. The summed E-state index contributed by atoms with van der Waals surface area (Å²) in [6, 6.07) is 6.64. The van der Waals surface area contributed by atoms with E-state index in [0.717, 1.165) is 30.0 Å². The maximum Gasteiger partial charge on any atom is 0.243 e. The molecular formula is C16H20N2O3S2. The van der Waals surface area contributed by atoms with Crippen molar-refractivity contribution in [2.24, 2.45) is 0 Å². The third-order valence-electron chi connectivity index (χ3n) is 3.83. The number of aryl methyl sites for hydroxylation is 1. The predicted octanol–water partition coefficient (Wildman–Crippen LogP) is 3.21. The third kappa shape index (κ3) is 3.91. The van der Waals surface area contributed by atoms with Crippen molar-refractivity contribution in [2.75, 3.05) is 13.1 Å². The fourth-order valence-electron chi connectivity index (χ4n) is 2.59. The van der Waals surface area contributed by atoms with E-state index in [1.54, 1.807) is 39.9 Å². The summed E-state index contributed by atoms with van der Waals surface area (Å²) in [6.45, 7) is 3.57. The fraction of sp³-hybridized carbons (Fsp3) is 0.438. The Labute approximate surface area is 141 Å². The number of hydrogen-bond donors (Lipinski definition) is 0. The van der Waals surface area contributed by atoms with Crippen molar-refractivity contribution in [1.82, 2.24) is 9.29 Å². The molecule has 5 nitrogen and oxygen atoms in total. The summed E-state index contributed by atoms with van der Waals surface area (Å²) in [7, 11) is -3.38. The van der Waals surface area contributed by atoms with Gasteiger partial charge < -0.3 is 4.74 Å². The molecule has 7 heteroatoms. The lowest BCUT2D eigenvalue weighted by Crippen LogP contribution is -2.35. The van der Waals surface area contributed by atoms with Crippen LogP contribution in [0, 0.1) is 6.92 Å². The average molecular weight is 352 g/mol. The molecule has 0 saturated carbocycles. The van der Waals surface area contributed by atoms with Gasteiger partial charge in [0.15, 0.2) is 0 Å². The van der Waals surface area contributed by atoms with Gasteiger partial charge in [0, 0.05) is 18.5 Å². The lowest BCUT2D eigenvalue weighted by molar-refractivity contribution is 0.301. The predicted molar refractivity (Wildman–Crippen MR) is 90.2 cm³/mol. The molecule has 0 N–H and O–H groups in total. The second kappa shape index (κ2) is 6.98. The highest BCUT2D eigenvalue weighted by Crippen LogP contribution is 2.23. The Morgan fingerprint density at radius 3 is 2.48 bits per heavy atom. The van der Waals surface area contributed by atoms with Gasteiger partial charge in [-0.05, 0) is 44.0 Å². The number of sulfonamides is 1. The first-order valence-electron chi connectivity index (χ1n) is 7.70. The van der Waals surface area contributed by atoms with Gasteiger partial charge in [0.25, 0.3) is 0 Å². The first kappa shape index (κ1) is 16.4. The van der Waals surface area contributed by atoms with Gasteiger partial charge in [-0.15, -0.1) is 11.3 Å². The second-order valence-corrected chi connectivity index (χ2v) is 8.58. The molecule has 0 amide bonds. The highest BCUT2D eigenvalue weighted by atomic mass is 32.2. The van der Waals surface area contributed by atoms with Gasteiger partial charge in [-0.2, -0.15) is 4.31 Å².